The van der Waals surface area contributed by atoms with Crippen LogP contribution in [0.4, 0.5) is 0 Å². The summed E-state index contributed by atoms with van der Waals surface area (Å²) < 4.78 is 0. The Bertz CT molecular complexity index is 1320. The van der Waals surface area contributed by atoms with Gasteiger partial charge in [0, 0.05) is 10.9 Å². The summed E-state index contributed by atoms with van der Waals surface area (Å²) in [7, 11) is 0. The lowest BCUT2D eigenvalue weighted by Crippen LogP contribution is -1.90. The number of nitrogens with zero attached hydrogens (tertiary/aromatic N) is 1. The van der Waals surface area contributed by atoms with Gasteiger partial charge in [-0.1, -0.05) is 99.0 Å². The summed E-state index contributed by atoms with van der Waals surface area (Å²) in [6.07, 6.45) is 15.3. The van der Waals surface area contributed by atoms with Gasteiger partial charge in [0.25, 0.3) is 0 Å². The Morgan fingerprint density at radius 2 is 1.59 bits per heavy atom. The number of fused-ring (bicyclic) bond motifs is 1. The zero-order chi connectivity index (χ0) is 23.2. The first-order valence-corrected chi connectivity index (χ1v) is 12.8. The standard InChI is InChI=1S/C33H33N/c1-2-3-4-6-10-25-15-17-27(18-16-25)28-13-9-14-30(23-28)32-22-20-31-24-29(19-21-33(31)34-32)26-11-7-5-8-12-26/h5,7,9,11,13-24H,2-4,6,8,10,12H2,1H3. The van der Waals surface area contributed by atoms with Crippen LogP contribution < -0.4 is 0 Å². The molecule has 1 heteroatoms. The van der Waals surface area contributed by atoms with Crippen molar-refractivity contribution in [2.24, 2.45) is 0 Å². The minimum Gasteiger partial charge on any atom is -0.248 e. The molecule has 0 unspecified atom stereocenters. The number of rotatable bonds is 8. The Morgan fingerprint density at radius 1 is 0.735 bits per heavy atom. The Hall–Kier alpha value is -3.45. The summed E-state index contributed by atoms with van der Waals surface area (Å²) in [5.74, 6) is 0. The second-order valence-electron chi connectivity index (χ2n) is 9.35. The molecule has 170 valence electrons. The fourth-order valence-electron chi connectivity index (χ4n) is 4.81. The van der Waals surface area contributed by atoms with Crippen LogP contribution in [-0.2, 0) is 6.42 Å². The van der Waals surface area contributed by atoms with Crippen LogP contribution in [0.3, 0.4) is 0 Å². The lowest BCUT2D eigenvalue weighted by molar-refractivity contribution is 0.667. The van der Waals surface area contributed by atoms with Crippen LogP contribution in [0.25, 0.3) is 38.9 Å². The number of pyridine rings is 1. The maximum absolute atomic E-state index is 5.00. The van der Waals surface area contributed by atoms with Gasteiger partial charge in [-0.3, -0.25) is 0 Å². The molecule has 1 heterocycles. The monoisotopic (exact) mass is 443 g/mol. The van der Waals surface area contributed by atoms with Crippen LogP contribution >= 0.6 is 0 Å². The molecule has 0 N–H and O–H groups in total. The van der Waals surface area contributed by atoms with Crippen molar-refractivity contribution in [3.63, 3.8) is 0 Å². The first-order valence-electron chi connectivity index (χ1n) is 12.8. The summed E-state index contributed by atoms with van der Waals surface area (Å²) in [5, 5.41) is 1.20. The highest BCUT2D eigenvalue weighted by molar-refractivity contribution is 5.86. The van der Waals surface area contributed by atoms with Crippen molar-refractivity contribution in [3.8, 4) is 22.4 Å². The fourth-order valence-corrected chi connectivity index (χ4v) is 4.81. The van der Waals surface area contributed by atoms with Gasteiger partial charge < -0.3 is 0 Å². The number of allylic oxidation sites excluding steroid dienone is 4. The molecule has 1 aliphatic rings. The first kappa shape index (κ1) is 22.3. The lowest BCUT2D eigenvalue weighted by Gasteiger charge is -2.11. The van der Waals surface area contributed by atoms with Crippen LogP contribution in [-0.4, -0.2) is 4.98 Å². The number of aromatic nitrogens is 1. The maximum Gasteiger partial charge on any atom is 0.0709 e. The van der Waals surface area contributed by atoms with Crippen molar-refractivity contribution in [1.82, 2.24) is 4.98 Å². The van der Waals surface area contributed by atoms with Crippen molar-refractivity contribution in [2.75, 3.05) is 0 Å². The van der Waals surface area contributed by atoms with Crippen LogP contribution in [0, 0.1) is 0 Å². The van der Waals surface area contributed by atoms with Crippen molar-refractivity contribution in [3.05, 3.63) is 108 Å². The van der Waals surface area contributed by atoms with Crippen LogP contribution in [0.1, 0.15) is 56.6 Å². The molecular weight excluding hydrogens is 410 g/mol. The highest BCUT2D eigenvalue weighted by atomic mass is 14.7. The maximum atomic E-state index is 5.00. The van der Waals surface area contributed by atoms with Gasteiger partial charge in [0.1, 0.15) is 0 Å². The third-order valence-corrected chi connectivity index (χ3v) is 6.84. The molecule has 0 aliphatic heterocycles. The topological polar surface area (TPSA) is 12.9 Å². The normalized spacial score (nSPS) is 13.3. The van der Waals surface area contributed by atoms with Gasteiger partial charge in [-0.25, -0.2) is 4.98 Å². The molecule has 0 saturated carbocycles. The lowest BCUT2D eigenvalue weighted by atomic mass is 9.96. The van der Waals surface area contributed by atoms with E-state index in [1.807, 2.05) is 0 Å². The molecule has 34 heavy (non-hydrogen) atoms. The number of unbranched alkanes of at least 4 members (excludes halogenated alkanes) is 3. The molecule has 0 spiro atoms. The van der Waals surface area contributed by atoms with E-state index in [9.17, 15) is 0 Å². The highest BCUT2D eigenvalue weighted by Gasteiger charge is 2.08. The number of hydrogen-bond donors (Lipinski definition) is 0. The third kappa shape index (κ3) is 5.20. The molecule has 4 aromatic rings. The van der Waals surface area contributed by atoms with Gasteiger partial charge in [-0.2, -0.15) is 0 Å². The number of aryl methyl sites for hydroxylation is 1. The van der Waals surface area contributed by atoms with Crippen LogP contribution in [0.15, 0.2) is 97.1 Å². The molecule has 1 nitrogen and oxygen atoms in total. The smallest absolute Gasteiger partial charge is 0.0709 e. The minimum atomic E-state index is 1.02. The van der Waals surface area contributed by atoms with E-state index in [0.717, 1.165) is 29.6 Å². The van der Waals surface area contributed by atoms with Gasteiger partial charge in [0.15, 0.2) is 0 Å². The molecule has 1 aromatic heterocycles. The summed E-state index contributed by atoms with van der Waals surface area (Å²) in [6.45, 7) is 2.26. The second-order valence-corrected chi connectivity index (χ2v) is 9.35. The van der Waals surface area contributed by atoms with E-state index in [0.29, 0.717) is 0 Å². The van der Waals surface area contributed by atoms with Gasteiger partial charge >= 0.3 is 0 Å². The Kier molecular flexibility index (Phi) is 7.00. The van der Waals surface area contributed by atoms with E-state index in [-0.39, 0.29) is 0 Å². The van der Waals surface area contributed by atoms with E-state index < -0.39 is 0 Å². The van der Waals surface area contributed by atoms with E-state index in [4.69, 9.17) is 4.98 Å². The summed E-state index contributed by atoms with van der Waals surface area (Å²) in [6, 6.07) is 28.9. The average Bonchev–Trinajstić information content (AvgIpc) is 2.91. The molecule has 0 bridgehead atoms. The van der Waals surface area contributed by atoms with Crippen LogP contribution in [0.2, 0.25) is 0 Å². The SMILES string of the molecule is CCCCCCc1ccc(-c2cccc(-c3ccc4cc(C5=CC=CCC5)ccc4n3)c2)cc1. The molecule has 0 atom stereocenters. The van der Waals surface area contributed by atoms with Gasteiger partial charge in [-0.15, -0.1) is 0 Å². The van der Waals surface area contributed by atoms with Gasteiger partial charge in [-0.05, 0) is 77.8 Å². The average molecular weight is 444 g/mol. The second kappa shape index (κ2) is 10.7. The van der Waals surface area contributed by atoms with E-state index >= 15 is 0 Å². The molecule has 0 saturated heterocycles. The summed E-state index contributed by atoms with van der Waals surface area (Å²) in [4.78, 5) is 5.00. The molecule has 1 aliphatic carbocycles. The molecular formula is C33H33N. The predicted molar refractivity (Wildman–Crippen MR) is 147 cm³/mol. The molecule has 0 amide bonds. The van der Waals surface area contributed by atoms with Crippen molar-refractivity contribution >= 4 is 16.5 Å². The van der Waals surface area contributed by atoms with Crippen molar-refractivity contribution < 1.29 is 0 Å². The van der Waals surface area contributed by atoms with Crippen molar-refractivity contribution in [2.45, 2.75) is 51.9 Å². The highest BCUT2D eigenvalue weighted by Crippen LogP contribution is 2.29. The van der Waals surface area contributed by atoms with E-state index in [1.54, 1.807) is 0 Å². The molecule has 0 radical (unpaired) electrons. The Morgan fingerprint density at radius 3 is 2.41 bits per heavy atom. The third-order valence-electron chi connectivity index (χ3n) is 6.84. The molecule has 3 aromatic carbocycles. The van der Waals surface area contributed by atoms with Gasteiger partial charge in [0.05, 0.1) is 11.2 Å². The largest absolute Gasteiger partial charge is 0.248 e. The molecule has 0 fully saturated rings. The zero-order valence-corrected chi connectivity index (χ0v) is 20.1. The minimum absolute atomic E-state index is 1.02. The number of hydrogen-bond acceptors (Lipinski definition) is 1. The quantitative estimate of drug-likeness (QED) is 0.247. The van der Waals surface area contributed by atoms with Crippen molar-refractivity contribution in [1.29, 1.82) is 0 Å². The van der Waals surface area contributed by atoms with E-state index in [1.165, 1.54) is 65.3 Å². The number of benzene rings is 3. The Labute approximate surface area is 203 Å². The first-order chi connectivity index (χ1) is 16.8. The van der Waals surface area contributed by atoms with Crippen LogP contribution in [0.5, 0.6) is 0 Å². The predicted octanol–water partition coefficient (Wildman–Crippen LogP) is 9.42. The Balaban J connectivity index is 1.35. The van der Waals surface area contributed by atoms with E-state index in [2.05, 4.69) is 104 Å². The summed E-state index contributed by atoms with van der Waals surface area (Å²) >= 11 is 0. The fraction of sp³-hybridized carbons (Fsp3) is 0.242. The summed E-state index contributed by atoms with van der Waals surface area (Å²) in [5.41, 5.74) is 9.89. The van der Waals surface area contributed by atoms with Gasteiger partial charge in [0.2, 0.25) is 0 Å². The zero-order valence-electron chi connectivity index (χ0n) is 20.1. The molecule has 5 rings (SSSR count).